The number of imidazole rings is 1. The second-order valence-corrected chi connectivity index (χ2v) is 6.22. The van der Waals surface area contributed by atoms with Gasteiger partial charge in [0.05, 0.1) is 24.8 Å². The highest BCUT2D eigenvalue weighted by Gasteiger charge is 2.09. The van der Waals surface area contributed by atoms with E-state index in [0.29, 0.717) is 6.61 Å². The van der Waals surface area contributed by atoms with Crippen LogP contribution in [-0.2, 0) is 6.54 Å². The predicted octanol–water partition coefficient (Wildman–Crippen LogP) is 4.40. The molecule has 0 aliphatic rings. The summed E-state index contributed by atoms with van der Waals surface area (Å²) in [5, 5.41) is 0.991. The van der Waals surface area contributed by atoms with Gasteiger partial charge >= 0.3 is 0 Å². The molecule has 0 saturated heterocycles. The summed E-state index contributed by atoms with van der Waals surface area (Å²) in [6, 6.07) is 15.8. The van der Waals surface area contributed by atoms with Gasteiger partial charge in [0.15, 0.2) is 5.16 Å². The van der Waals surface area contributed by atoms with Crippen molar-refractivity contribution in [3.63, 3.8) is 0 Å². The molecular weight excluding hydrogens is 320 g/mol. The Hall–Kier alpha value is -2.40. The molecule has 0 bridgehead atoms. The van der Waals surface area contributed by atoms with Crippen molar-refractivity contribution in [1.29, 1.82) is 0 Å². The van der Waals surface area contributed by atoms with Crippen LogP contribution in [0.3, 0.4) is 0 Å². The van der Waals surface area contributed by atoms with Crippen molar-refractivity contribution in [2.24, 2.45) is 0 Å². The lowest BCUT2D eigenvalue weighted by Crippen LogP contribution is -2.03. The van der Waals surface area contributed by atoms with E-state index in [1.54, 1.807) is 18.9 Å². The van der Waals surface area contributed by atoms with Crippen molar-refractivity contribution in [3.8, 4) is 11.5 Å². The molecule has 4 nitrogen and oxygen atoms in total. The number of fused-ring (bicyclic) bond motifs is 1. The van der Waals surface area contributed by atoms with Gasteiger partial charge in [0.25, 0.3) is 0 Å². The van der Waals surface area contributed by atoms with E-state index in [-0.39, 0.29) is 0 Å². The molecular formula is C19H20N2O2S. The summed E-state index contributed by atoms with van der Waals surface area (Å²) >= 11 is 1.69. The maximum absolute atomic E-state index is 5.79. The SMILES string of the molecule is C=CCn1c(SCCOc2cccc(OC)c2)nc2ccccc21. The Labute approximate surface area is 146 Å². The van der Waals surface area contributed by atoms with Crippen LogP contribution < -0.4 is 9.47 Å². The second kappa shape index (κ2) is 7.93. The van der Waals surface area contributed by atoms with Gasteiger partial charge in [-0.2, -0.15) is 0 Å². The van der Waals surface area contributed by atoms with E-state index in [1.165, 1.54) is 0 Å². The molecule has 0 N–H and O–H groups in total. The molecule has 124 valence electrons. The lowest BCUT2D eigenvalue weighted by molar-refractivity contribution is 0.339. The number of hydrogen-bond acceptors (Lipinski definition) is 4. The molecule has 0 aliphatic carbocycles. The number of nitrogens with zero attached hydrogens (tertiary/aromatic N) is 2. The van der Waals surface area contributed by atoms with Gasteiger partial charge in [-0.25, -0.2) is 4.98 Å². The summed E-state index contributed by atoms with van der Waals surface area (Å²) in [6.45, 7) is 5.20. The zero-order valence-corrected chi connectivity index (χ0v) is 14.5. The van der Waals surface area contributed by atoms with Crippen molar-refractivity contribution < 1.29 is 9.47 Å². The summed E-state index contributed by atoms with van der Waals surface area (Å²) in [4.78, 5) is 4.71. The number of methoxy groups -OCH3 is 1. The third-order valence-corrected chi connectivity index (χ3v) is 4.50. The lowest BCUT2D eigenvalue weighted by Gasteiger charge is -2.08. The minimum atomic E-state index is 0.606. The van der Waals surface area contributed by atoms with Crippen LogP contribution in [0.15, 0.2) is 66.3 Å². The Bertz CT molecular complexity index is 829. The summed E-state index contributed by atoms with van der Waals surface area (Å²) in [5.41, 5.74) is 2.14. The van der Waals surface area contributed by atoms with E-state index >= 15 is 0 Å². The number of benzene rings is 2. The van der Waals surface area contributed by atoms with E-state index in [9.17, 15) is 0 Å². The van der Waals surface area contributed by atoms with Gasteiger partial charge in [-0.05, 0) is 24.3 Å². The molecule has 0 spiro atoms. The molecule has 5 heteroatoms. The molecule has 0 radical (unpaired) electrons. The Kier molecular flexibility index (Phi) is 5.43. The summed E-state index contributed by atoms with van der Waals surface area (Å²) in [7, 11) is 1.65. The lowest BCUT2D eigenvalue weighted by atomic mass is 10.3. The fourth-order valence-electron chi connectivity index (χ4n) is 2.45. The molecule has 0 aliphatic heterocycles. The number of ether oxygens (including phenoxy) is 2. The monoisotopic (exact) mass is 340 g/mol. The highest BCUT2D eigenvalue weighted by Crippen LogP contribution is 2.24. The van der Waals surface area contributed by atoms with Gasteiger partial charge in [-0.3, -0.25) is 0 Å². The number of aromatic nitrogens is 2. The maximum atomic E-state index is 5.79. The van der Waals surface area contributed by atoms with E-state index in [0.717, 1.165) is 40.0 Å². The normalized spacial score (nSPS) is 10.7. The fourth-order valence-corrected chi connectivity index (χ4v) is 3.29. The van der Waals surface area contributed by atoms with Crippen molar-refractivity contribution in [2.75, 3.05) is 19.5 Å². The fraction of sp³-hybridized carbons (Fsp3) is 0.211. The van der Waals surface area contributed by atoms with Gasteiger partial charge in [0.2, 0.25) is 0 Å². The summed E-state index contributed by atoms with van der Waals surface area (Å²) in [5.74, 6) is 2.43. The van der Waals surface area contributed by atoms with E-state index < -0.39 is 0 Å². The molecule has 0 fully saturated rings. The summed E-state index contributed by atoms with van der Waals surface area (Å²) in [6.07, 6.45) is 1.89. The van der Waals surface area contributed by atoms with Crippen molar-refractivity contribution in [2.45, 2.75) is 11.7 Å². The molecule has 24 heavy (non-hydrogen) atoms. The van der Waals surface area contributed by atoms with Gasteiger partial charge in [-0.1, -0.05) is 36.0 Å². The Balaban J connectivity index is 1.63. The number of allylic oxidation sites excluding steroid dienone is 1. The number of para-hydroxylation sites is 2. The average molecular weight is 340 g/mol. The van der Waals surface area contributed by atoms with Crippen LogP contribution in [0.4, 0.5) is 0 Å². The Morgan fingerprint density at radius 3 is 2.83 bits per heavy atom. The smallest absolute Gasteiger partial charge is 0.169 e. The van der Waals surface area contributed by atoms with Crippen LogP contribution >= 0.6 is 11.8 Å². The standard InChI is InChI=1S/C19H20N2O2S/c1-3-11-21-18-10-5-4-9-17(18)20-19(21)24-13-12-23-16-8-6-7-15(14-16)22-2/h3-10,14H,1,11-13H2,2H3. The quantitative estimate of drug-likeness (QED) is 0.346. The first-order valence-corrected chi connectivity index (χ1v) is 8.76. The first-order valence-electron chi connectivity index (χ1n) is 7.77. The zero-order chi connectivity index (χ0) is 16.8. The van der Waals surface area contributed by atoms with E-state index in [4.69, 9.17) is 14.5 Å². The van der Waals surface area contributed by atoms with E-state index in [1.807, 2.05) is 48.5 Å². The van der Waals surface area contributed by atoms with Crippen LogP contribution in [0, 0.1) is 0 Å². The van der Waals surface area contributed by atoms with Crippen LogP contribution in [0.1, 0.15) is 0 Å². The minimum absolute atomic E-state index is 0.606. The molecule has 0 amide bonds. The van der Waals surface area contributed by atoms with Gasteiger partial charge < -0.3 is 14.0 Å². The highest BCUT2D eigenvalue weighted by atomic mass is 32.2. The van der Waals surface area contributed by atoms with Crippen LogP contribution in [0.25, 0.3) is 11.0 Å². The Morgan fingerprint density at radius 2 is 2.00 bits per heavy atom. The third-order valence-electron chi connectivity index (χ3n) is 3.56. The molecule has 0 atom stereocenters. The summed E-state index contributed by atoms with van der Waals surface area (Å²) < 4.78 is 13.2. The molecule has 3 aromatic rings. The largest absolute Gasteiger partial charge is 0.497 e. The molecule has 1 heterocycles. The maximum Gasteiger partial charge on any atom is 0.169 e. The van der Waals surface area contributed by atoms with E-state index in [2.05, 4.69) is 17.2 Å². The average Bonchev–Trinajstić information content (AvgIpc) is 2.97. The minimum Gasteiger partial charge on any atom is -0.497 e. The molecule has 1 aromatic heterocycles. The second-order valence-electron chi connectivity index (χ2n) is 5.16. The first-order chi connectivity index (χ1) is 11.8. The number of hydrogen-bond donors (Lipinski definition) is 0. The Morgan fingerprint density at radius 1 is 1.17 bits per heavy atom. The molecule has 0 saturated carbocycles. The molecule has 0 unspecified atom stereocenters. The predicted molar refractivity (Wildman–Crippen MR) is 99.1 cm³/mol. The van der Waals surface area contributed by atoms with Gasteiger partial charge in [0, 0.05) is 18.4 Å². The van der Waals surface area contributed by atoms with Crippen LogP contribution in [-0.4, -0.2) is 29.0 Å². The van der Waals surface area contributed by atoms with Crippen molar-refractivity contribution >= 4 is 22.8 Å². The topological polar surface area (TPSA) is 36.3 Å². The van der Waals surface area contributed by atoms with Crippen molar-refractivity contribution in [1.82, 2.24) is 9.55 Å². The third kappa shape index (κ3) is 3.74. The molecule has 2 aromatic carbocycles. The van der Waals surface area contributed by atoms with Crippen molar-refractivity contribution in [3.05, 3.63) is 61.2 Å². The van der Waals surface area contributed by atoms with Crippen LogP contribution in [0.5, 0.6) is 11.5 Å². The highest BCUT2D eigenvalue weighted by molar-refractivity contribution is 7.99. The van der Waals surface area contributed by atoms with Gasteiger partial charge in [0.1, 0.15) is 11.5 Å². The zero-order valence-electron chi connectivity index (χ0n) is 13.6. The number of thioether (sulfide) groups is 1. The number of rotatable bonds is 8. The van der Waals surface area contributed by atoms with Gasteiger partial charge in [-0.15, -0.1) is 6.58 Å². The van der Waals surface area contributed by atoms with Crippen LogP contribution in [0.2, 0.25) is 0 Å². The molecule has 3 rings (SSSR count). The first kappa shape index (κ1) is 16.5.